The number of carbonyl (C=O) groups excluding carboxylic acids is 1. The van der Waals surface area contributed by atoms with Crippen LogP contribution in [0, 0.1) is 5.82 Å². The van der Waals surface area contributed by atoms with Crippen molar-refractivity contribution in [1.82, 2.24) is 9.88 Å². The minimum atomic E-state index is -0.477. The SMILES string of the molecule is CC1COC(CO)CN1C(=O)c1ccc(F)cn1. The number of aliphatic hydroxyl groups is 1. The molecule has 0 aliphatic carbocycles. The molecule has 0 radical (unpaired) electrons. The molecule has 1 amide bonds. The number of halogens is 1. The average molecular weight is 254 g/mol. The monoisotopic (exact) mass is 254 g/mol. The quantitative estimate of drug-likeness (QED) is 0.832. The van der Waals surface area contributed by atoms with Crippen LogP contribution >= 0.6 is 0 Å². The van der Waals surface area contributed by atoms with E-state index in [-0.39, 0.29) is 30.4 Å². The van der Waals surface area contributed by atoms with E-state index in [4.69, 9.17) is 9.84 Å². The van der Waals surface area contributed by atoms with Gasteiger partial charge >= 0.3 is 0 Å². The van der Waals surface area contributed by atoms with Crippen LogP contribution in [0.15, 0.2) is 18.3 Å². The predicted octanol–water partition coefficient (Wildman–Crippen LogP) is 0.442. The second-order valence-corrected chi connectivity index (χ2v) is 4.31. The van der Waals surface area contributed by atoms with Crippen LogP contribution in [0.3, 0.4) is 0 Å². The van der Waals surface area contributed by atoms with E-state index >= 15 is 0 Å². The van der Waals surface area contributed by atoms with Crippen LogP contribution in [-0.4, -0.2) is 52.8 Å². The fourth-order valence-corrected chi connectivity index (χ4v) is 1.86. The van der Waals surface area contributed by atoms with Crippen molar-refractivity contribution >= 4 is 5.91 Å². The summed E-state index contributed by atoms with van der Waals surface area (Å²) in [7, 11) is 0. The first kappa shape index (κ1) is 12.9. The lowest BCUT2D eigenvalue weighted by molar-refractivity contribution is -0.0668. The van der Waals surface area contributed by atoms with Gasteiger partial charge in [-0.15, -0.1) is 0 Å². The number of carbonyl (C=O) groups is 1. The summed E-state index contributed by atoms with van der Waals surface area (Å²) in [5.74, 6) is -0.751. The van der Waals surface area contributed by atoms with Gasteiger partial charge in [0.1, 0.15) is 11.5 Å². The van der Waals surface area contributed by atoms with Gasteiger partial charge in [0.05, 0.1) is 31.6 Å². The van der Waals surface area contributed by atoms with Crippen LogP contribution in [0.5, 0.6) is 0 Å². The van der Waals surface area contributed by atoms with Crippen molar-refractivity contribution < 1.29 is 19.0 Å². The van der Waals surface area contributed by atoms with Gasteiger partial charge in [0.25, 0.3) is 5.91 Å². The van der Waals surface area contributed by atoms with Gasteiger partial charge in [-0.05, 0) is 19.1 Å². The number of ether oxygens (including phenoxy) is 1. The summed E-state index contributed by atoms with van der Waals surface area (Å²) in [5, 5.41) is 9.06. The molecule has 2 atom stereocenters. The Morgan fingerprint density at radius 1 is 1.67 bits per heavy atom. The lowest BCUT2D eigenvalue weighted by Gasteiger charge is -2.37. The number of rotatable bonds is 2. The zero-order valence-electron chi connectivity index (χ0n) is 10.0. The maximum absolute atomic E-state index is 12.7. The molecule has 1 fully saturated rings. The van der Waals surface area contributed by atoms with Crippen LogP contribution in [0.2, 0.25) is 0 Å². The van der Waals surface area contributed by atoms with Crippen LogP contribution in [0.4, 0.5) is 4.39 Å². The van der Waals surface area contributed by atoms with Gasteiger partial charge in [-0.3, -0.25) is 4.79 Å². The zero-order valence-corrected chi connectivity index (χ0v) is 10.0. The highest BCUT2D eigenvalue weighted by molar-refractivity contribution is 5.92. The number of morpholine rings is 1. The maximum atomic E-state index is 12.7. The molecule has 0 bridgehead atoms. The molecule has 1 aliphatic heterocycles. The van der Waals surface area contributed by atoms with E-state index in [1.54, 1.807) is 4.90 Å². The number of amides is 1. The molecule has 98 valence electrons. The van der Waals surface area contributed by atoms with E-state index in [0.29, 0.717) is 13.2 Å². The van der Waals surface area contributed by atoms with Crippen LogP contribution in [0.1, 0.15) is 17.4 Å². The summed E-state index contributed by atoms with van der Waals surface area (Å²) >= 11 is 0. The van der Waals surface area contributed by atoms with E-state index in [0.717, 1.165) is 6.20 Å². The summed E-state index contributed by atoms with van der Waals surface area (Å²) < 4.78 is 18.1. The average Bonchev–Trinajstić information content (AvgIpc) is 2.39. The van der Waals surface area contributed by atoms with Crippen LogP contribution < -0.4 is 0 Å². The molecular weight excluding hydrogens is 239 g/mol. The molecule has 2 rings (SSSR count). The molecule has 1 N–H and O–H groups in total. The molecule has 0 saturated carbocycles. The highest BCUT2D eigenvalue weighted by atomic mass is 19.1. The van der Waals surface area contributed by atoms with Crippen molar-refractivity contribution in [3.63, 3.8) is 0 Å². The Morgan fingerprint density at radius 3 is 3.06 bits per heavy atom. The van der Waals surface area contributed by atoms with Crippen molar-refractivity contribution in [3.8, 4) is 0 Å². The molecule has 1 aliphatic rings. The fraction of sp³-hybridized carbons (Fsp3) is 0.500. The lowest BCUT2D eigenvalue weighted by Crippen LogP contribution is -2.52. The minimum absolute atomic E-state index is 0.0906. The summed E-state index contributed by atoms with van der Waals surface area (Å²) in [6, 6.07) is 2.47. The van der Waals surface area contributed by atoms with Gasteiger partial charge in [-0.2, -0.15) is 0 Å². The maximum Gasteiger partial charge on any atom is 0.272 e. The predicted molar refractivity (Wildman–Crippen MR) is 61.5 cm³/mol. The lowest BCUT2D eigenvalue weighted by atomic mass is 10.1. The Bertz CT molecular complexity index is 424. The topological polar surface area (TPSA) is 62.7 Å². The molecule has 1 aromatic rings. The number of hydrogen-bond acceptors (Lipinski definition) is 4. The molecule has 0 aromatic carbocycles. The third-order valence-corrected chi connectivity index (χ3v) is 2.92. The van der Waals surface area contributed by atoms with Crippen molar-refractivity contribution in [2.75, 3.05) is 19.8 Å². The van der Waals surface area contributed by atoms with E-state index in [9.17, 15) is 9.18 Å². The minimum Gasteiger partial charge on any atom is -0.394 e. The van der Waals surface area contributed by atoms with Gasteiger partial charge < -0.3 is 14.7 Å². The molecule has 2 heterocycles. The first-order chi connectivity index (χ1) is 8.61. The molecule has 6 heteroatoms. The standard InChI is InChI=1S/C12H15FN2O3/c1-8-7-18-10(6-16)5-15(8)12(17)11-3-2-9(13)4-14-11/h2-4,8,10,16H,5-7H2,1H3. The molecule has 2 unspecified atom stereocenters. The van der Waals surface area contributed by atoms with E-state index in [1.165, 1.54) is 12.1 Å². The van der Waals surface area contributed by atoms with Crippen LogP contribution in [-0.2, 0) is 4.74 Å². The van der Waals surface area contributed by atoms with Crippen molar-refractivity contribution in [2.45, 2.75) is 19.1 Å². The Hall–Kier alpha value is -1.53. The van der Waals surface area contributed by atoms with Gasteiger partial charge in [-0.25, -0.2) is 9.37 Å². The first-order valence-electron chi connectivity index (χ1n) is 5.77. The number of nitrogens with zero attached hydrogens (tertiary/aromatic N) is 2. The van der Waals surface area contributed by atoms with Crippen molar-refractivity contribution in [3.05, 3.63) is 29.8 Å². The largest absolute Gasteiger partial charge is 0.394 e. The normalized spacial score (nSPS) is 24.1. The fourth-order valence-electron chi connectivity index (χ4n) is 1.86. The summed E-state index contributed by atoms with van der Waals surface area (Å²) in [5.41, 5.74) is 0.196. The molecule has 18 heavy (non-hydrogen) atoms. The Morgan fingerprint density at radius 2 is 2.44 bits per heavy atom. The zero-order chi connectivity index (χ0) is 13.1. The molecule has 1 aromatic heterocycles. The van der Waals surface area contributed by atoms with Gasteiger partial charge in [0.2, 0.25) is 0 Å². The number of aromatic nitrogens is 1. The van der Waals surface area contributed by atoms with Gasteiger partial charge in [0, 0.05) is 6.54 Å². The number of hydrogen-bond donors (Lipinski definition) is 1. The number of pyridine rings is 1. The third-order valence-electron chi connectivity index (χ3n) is 2.92. The van der Waals surface area contributed by atoms with E-state index in [1.807, 2.05) is 6.92 Å². The molecular formula is C12H15FN2O3. The third kappa shape index (κ3) is 2.65. The van der Waals surface area contributed by atoms with E-state index in [2.05, 4.69) is 4.98 Å². The molecule has 1 saturated heterocycles. The van der Waals surface area contributed by atoms with Crippen molar-refractivity contribution in [2.24, 2.45) is 0 Å². The highest BCUT2D eigenvalue weighted by Crippen LogP contribution is 2.14. The Kier molecular flexibility index (Phi) is 3.88. The highest BCUT2D eigenvalue weighted by Gasteiger charge is 2.30. The number of aliphatic hydroxyl groups excluding tert-OH is 1. The summed E-state index contributed by atoms with van der Waals surface area (Å²) in [4.78, 5) is 17.5. The van der Waals surface area contributed by atoms with Crippen molar-refractivity contribution in [1.29, 1.82) is 0 Å². The molecule has 5 nitrogen and oxygen atoms in total. The van der Waals surface area contributed by atoms with E-state index < -0.39 is 5.82 Å². The Labute approximate surface area is 104 Å². The molecule has 0 spiro atoms. The summed E-state index contributed by atoms with van der Waals surface area (Å²) in [6.45, 7) is 2.41. The second kappa shape index (κ2) is 5.41. The first-order valence-corrected chi connectivity index (χ1v) is 5.77. The summed E-state index contributed by atoms with van der Waals surface area (Å²) in [6.07, 6.45) is 0.646. The van der Waals surface area contributed by atoms with Gasteiger partial charge in [-0.1, -0.05) is 0 Å². The van der Waals surface area contributed by atoms with Crippen LogP contribution in [0.25, 0.3) is 0 Å². The van der Waals surface area contributed by atoms with Gasteiger partial charge in [0.15, 0.2) is 0 Å². The Balaban J connectivity index is 2.13. The smallest absolute Gasteiger partial charge is 0.272 e. The second-order valence-electron chi connectivity index (χ2n) is 4.31.